The molecule has 0 N–H and O–H groups in total. The minimum Gasteiger partial charge on any atom is -0.249 e. The highest BCUT2D eigenvalue weighted by molar-refractivity contribution is 14.1. The zero-order chi connectivity index (χ0) is 8.27. The molecule has 0 saturated heterocycles. The third kappa shape index (κ3) is 3.66. The Hall–Kier alpha value is 0.580. The first kappa shape index (κ1) is 9.67. The van der Waals surface area contributed by atoms with E-state index in [1.807, 2.05) is 23.1 Å². The number of hydrogen-bond acceptors (Lipinski definition) is 2. The van der Waals surface area contributed by atoms with Crippen molar-refractivity contribution in [1.29, 1.82) is 0 Å². The molecule has 0 radical (unpaired) electrons. The van der Waals surface area contributed by atoms with E-state index in [9.17, 15) is 0 Å². The summed E-state index contributed by atoms with van der Waals surface area (Å²) >= 11 is 2.31. The molecule has 11 heavy (non-hydrogen) atoms. The van der Waals surface area contributed by atoms with E-state index in [4.69, 9.17) is 0 Å². The largest absolute Gasteiger partial charge is 0.249 e. The number of pyridine rings is 1. The molecule has 1 heterocycles. The lowest BCUT2D eigenvalue weighted by Gasteiger charge is -2.06. The second-order valence-electron chi connectivity index (χ2n) is 2.22. The van der Waals surface area contributed by atoms with Gasteiger partial charge >= 0.3 is 0 Å². The van der Waals surface area contributed by atoms with Crippen LogP contribution in [0.1, 0.15) is 0 Å². The highest BCUT2D eigenvalue weighted by atomic mass is 127. The van der Waals surface area contributed by atoms with Gasteiger partial charge in [0.1, 0.15) is 5.03 Å². The van der Waals surface area contributed by atoms with Crippen LogP contribution in [0.3, 0.4) is 0 Å². The molecule has 0 amide bonds. The normalized spacial score (nSPS) is 11.4. The number of rotatable bonds is 2. The summed E-state index contributed by atoms with van der Waals surface area (Å²) in [5, 5.41) is 1.15. The molecule has 0 aliphatic rings. The lowest BCUT2D eigenvalue weighted by Crippen LogP contribution is -1.79. The third-order valence-electron chi connectivity index (χ3n) is 0.973. The lowest BCUT2D eigenvalue weighted by molar-refractivity contribution is 1.13. The van der Waals surface area contributed by atoms with Crippen molar-refractivity contribution < 1.29 is 0 Å². The summed E-state index contributed by atoms with van der Waals surface area (Å²) in [5.74, 6) is 0. The summed E-state index contributed by atoms with van der Waals surface area (Å²) < 4.78 is 1.26. The Balaban J connectivity index is 2.71. The molecule has 0 bridgehead atoms. The van der Waals surface area contributed by atoms with Gasteiger partial charge in [0.25, 0.3) is 0 Å². The molecule has 0 aliphatic carbocycles. The second kappa shape index (κ2) is 4.57. The molecule has 1 nitrogen and oxygen atoms in total. The molecule has 0 aromatic carbocycles. The van der Waals surface area contributed by atoms with Crippen molar-refractivity contribution in [2.75, 3.05) is 12.5 Å². The maximum Gasteiger partial charge on any atom is 0.106 e. The fourth-order valence-electron chi connectivity index (χ4n) is 0.622. The van der Waals surface area contributed by atoms with Gasteiger partial charge in [0.15, 0.2) is 0 Å². The summed E-state index contributed by atoms with van der Waals surface area (Å²) in [4.78, 5) is 4.25. The monoisotopic (exact) mass is 299 g/mol. The van der Waals surface area contributed by atoms with E-state index in [1.54, 1.807) is 0 Å². The Kier molecular flexibility index (Phi) is 4.01. The molecule has 0 fully saturated rings. The van der Waals surface area contributed by atoms with Crippen molar-refractivity contribution >= 4 is 43.3 Å². The van der Waals surface area contributed by atoms with E-state index in [1.165, 1.54) is 3.57 Å². The predicted molar refractivity (Wildman–Crippen MR) is 63.6 cm³/mol. The summed E-state index contributed by atoms with van der Waals surface area (Å²) in [6, 6.07) is 4.13. The van der Waals surface area contributed by atoms with E-state index in [0.717, 1.165) is 5.03 Å². The summed E-state index contributed by atoms with van der Waals surface area (Å²) in [6.07, 6.45) is 6.34. The van der Waals surface area contributed by atoms with Gasteiger partial charge in [-0.05, 0) is 47.2 Å². The Morgan fingerprint density at radius 3 is 2.82 bits per heavy atom. The molecule has 1 aromatic rings. The molecular weight excluding hydrogens is 289 g/mol. The van der Waals surface area contributed by atoms with Crippen LogP contribution < -0.4 is 0 Å². The Labute approximate surface area is 87.3 Å². The van der Waals surface area contributed by atoms with Gasteiger partial charge in [0.05, 0.1) is 0 Å². The van der Waals surface area contributed by atoms with Crippen LogP contribution in [-0.4, -0.2) is 17.5 Å². The van der Waals surface area contributed by atoms with Crippen molar-refractivity contribution in [3.63, 3.8) is 0 Å². The van der Waals surface area contributed by atoms with Crippen LogP contribution >= 0.6 is 43.3 Å². The maximum absolute atomic E-state index is 4.25. The van der Waals surface area contributed by atoms with Gasteiger partial charge in [-0.25, -0.2) is 14.9 Å². The van der Waals surface area contributed by atoms with E-state index in [2.05, 4.69) is 46.2 Å². The second-order valence-corrected chi connectivity index (χ2v) is 8.43. The molecular formula is C7H10INS2. The maximum atomic E-state index is 4.25. The molecule has 0 aliphatic heterocycles. The van der Waals surface area contributed by atoms with Crippen LogP contribution in [0, 0.1) is 3.57 Å². The van der Waals surface area contributed by atoms with E-state index in [-0.39, 0.29) is 9.93 Å². The molecule has 0 saturated carbocycles. The van der Waals surface area contributed by atoms with Gasteiger partial charge in [-0.1, -0.05) is 10.8 Å². The fourth-order valence-corrected chi connectivity index (χ4v) is 3.37. The first-order valence-electron chi connectivity index (χ1n) is 3.15. The number of aromatic nitrogens is 1. The summed E-state index contributed by atoms with van der Waals surface area (Å²) in [5.41, 5.74) is 0. The SMILES string of the molecule is C[SH](C)Sc1cc(I)ccn1. The molecule has 4 heteroatoms. The number of nitrogens with zero attached hydrogens (tertiary/aromatic N) is 1. The quantitative estimate of drug-likeness (QED) is 0.512. The molecule has 1 rings (SSSR count). The Morgan fingerprint density at radius 2 is 2.27 bits per heavy atom. The van der Waals surface area contributed by atoms with Gasteiger partial charge in [-0.3, -0.25) is 0 Å². The van der Waals surface area contributed by atoms with E-state index >= 15 is 0 Å². The topological polar surface area (TPSA) is 12.9 Å². The molecule has 0 unspecified atom stereocenters. The summed E-state index contributed by atoms with van der Waals surface area (Å²) in [7, 11) is 1.92. The standard InChI is InChI=1S/C7H10INS2/c1-11(2)10-7-5-6(8)3-4-9-7/h3-5,11H,1-2H3. The Morgan fingerprint density at radius 1 is 1.55 bits per heavy atom. The van der Waals surface area contributed by atoms with Gasteiger partial charge in [0, 0.05) is 9.77 Å². The summed E-state index contributed by atoms with van der Waals surface area (Å²) in [6.45, 7) is 0. The molecule has 0 spiro atoms. The first-order chi connectivity index (χ1) is 5.18. The molecule has 1 aromatic heterocycles. The van der Waals surface area contributed by atoms with Gasteiger partial charge < -0.3 is 0 Å². The predicted octanol–water partition coefficient (Wildman–Crippen LogP) is 2.95. The van der Waals surface area contributed by atoms with Crippen LogP contribution in [0.2, 0.25) is 0 Å². The number of thiol groups is 1. The number of hydrogen-bond donors (Lipinski definition) is 1. The number of halogens is 1. The van der Waals surface area contributed by atoms with Gasteiger partial charge in [-0.15, -0.1) is 0 Å². The van der Waals surface area contributed by atoms with Crippen LogP contribution in [-0.2, 0) is 0 Å². The minimum absolute atomic E-state index is 0.0617. The average Bonchev–Trinajstić information content (AvgIpc) is 1.85. The molecule has 0 atom stereocenters. The van der Waals surface area contributed by atoms with Crippen molar-refractivity contribution in [2.45, 2.75) is 5.03 Å². The van der Waals surface area contributed by atoms with Gasteiger partial charge in [0.2, 0.25) is 0 Å². The zero-order valence-corrected chi connectivity index (χ0v) is 10.3. The van der Waals surface area contributed by atoms with Crippen molar-refractivity contribution in [2.24, 2.45) is 0 Å². The van der Waals surface area contributed by atoms with Crippen LogP contribution in [0.4, 0.5) is 0 Å². The Bertz CT molecular complexity index is 240. The first-order valence-corrected chi connectivity index (χ1v) is 7.89. The van der Waals surface area contributed by atoms with Crippen LogP contribution in [0.15, 0.2) is 23.4 Å². The highest BCUT2D eigenvalue weighted by Crippen LogP contribution is 2.38. The van der Waals surface area contributed by atoms with Crippen LogP contribution in [0.25, 0.3) is 0 Å². The van der Waals surface area contributed by atoms with Crippen molar-refractivity contribution in [3.05, 3.63) is 21.9 Å². The highest BCUT2D eigenvalue weighted by Gasteiger charge is 1.96. The molecule has 62 valence electrons. The van der Waals surface area contributed by atoms with Gasteiger partial charge in [-0.2, -0.15) is 0 Å². The smallest absolute Gasteiger partial charge is 0.106 e. The minimum atomic E-state index is 0.0617. The fraction of sp³-hybridized carbons (Fsp3) is 0.286. The average molecular weight is 299 g/mol. The van der Waals surface area contributed by atoms with E-state index in [0.29, 0.717) is 0 Å². The van der Waals surface area contributed by atoms with Crippen LogP contribution in [0.5, 0.6) is 0 Å². The lowest BCUT2D eigenvalue weighted by atomic mass is 10.5. The zero-order valence-electron chi connectivity index (χ0n) is 6.41. The van der Waals surface area contributed by atoms with Crippen molar-refractivity contribution in [1.82, 2.24) is 4.98 Å². The third-order valence-corrected chi connectivity index (χ3v) is 4.08. The van der Waals surface area contributed by atoms with E-state index < -0.39 is 0 Å². The van der Waals surface area contributed by atoms with Crippen molar-refractivity contribution in [3.8, 4) is 0 Å².